The quantitative estimate of drug-likeness (QED) is 0.308. The fourth-order valence-electron chi connectivity index (χ4n) is 11.1. The largest absolute Gasteiger partial charge is 0.466 e. The number of esters is 1. The fourth-order valence-corrected chi connectivity index (χ4v) is 11.1. The molecular weight excluding hydrogens is 436 g/mol. The van der Waals surface area contributed by atoms with Crippen molar-refractivity contribution >= 4 is 5.97 Å². The van der Waals surface area contributed by atoms with Gasteiger partial charge in [-0.3, -0.25) is 4.79 Å². The topological polar surface area (TPSA) is 44.8 Å². The molecule has 6 fully saturated rings. The van der Waals surface area contributed by atoms with Crippen molar-refractivity contribution < 1.29 is 19.0 Å². The molecule has 6 rings (SSSR count). The molecule has 5 saturated carbocycles. The van der Waals surface area contributed by atoms with Crippen LogP contribution in [0.25, 0.3) is 0 Å². The predicted molar refractivity (Wildman–Crippen MR) is 136 cm³/mol. The van der Waals surface area contributed by atoms with E-state index in [4.69, 9.17) is 14.2 Å². The monoisotopic (exact) mass is 484 g/mol. The number of fused-ring (bicyclic) bond motifs is 4. The van der Waals surface area contributed by atoms with Gasteiger partial charge in [0.25, 0.3) is 0 Å². The lowest BCUT2D eigenvalue weighted by molar-refractivity contribution is -0.294. The maximum absolute atomic E-state index is 12.0. The van der Waals surface area contributed by atoms with E-state index in [-0.39, 0.29) is 17.7 Å². The highest BCUT2D eigenvalue weighted by Crippen LogP contribution is 2.85. The maximum atomic E-state index is 12.0. The molecule has 0 aromatic carbocycles. The fraction of sp³-hybridized carbons (Fsp3) is 0.903. The molecule has 1 aliphatic heterocycles. The lowest BCUT2D eigenvalue weighted by Crippen LogP contribution is -2.62. The van der Waals surface area contributed by atoms with Crippen LogP contribution in [0.3, 0.4) is 0 Å². The Balaban J connectivity index is 1.20. The minimum absolute atomic E-state index is 0.0590. The first kappa shape index (κ1) is 24.5. The van der Waals surface area contributed by atoms with Crippen LogP contribution in [-0.4, -0.2) is 31.6 Å². The molecule has 0 amide bonds. The third kappa shape index (κ3) is 3.20. The van der Waals surface area contributed by atoms with Gasteiger partial charge in [0.2, 0.25) is 0 Å². The number of allylic oxidation sites excluding steroid dienone is 2. The molecule has 1 unspecified atom stereocenters. The van der Waals surface area contributed by atoms with Gasteiger partial charge in [-0.25, -0.2) is 0 Å². The summed E-state index contributed by atoms with van der Waals surface area (Å²) < 4.78 is 18.5. The number of ether oxygens (including phenoxy) is 3. The summed E-state index contributed by atoms with van der Waals surface area (Å²) in [6.07, 6.45) is 16.2. The van der Waals surface area contributed by atoms with Crippen LogP contribution in [0.15, 0.2) is 12.2 Å². The van der Waals surface area contributed by atoms with Gasteiger partial charge in [-0.1, -0.05) is 39.8 Å². The molecule has 0 radical (unpaired) electrons. The summed E-state index contributed by atoms with van der Waals surface area (Å²) in [7, 11) is 0. The van der Waals surface area contributed by atoms with E-state index in [1.54, 1.807) is 0 Å². The highest BCUT2D eigenvalue weighted by molar-refractivity contribution is 5.72. The van der Waals surface area contributed by atoms with E-state index in [1.807, 2.05) is 13.8 Å². The molecule has 6 aliphatic rings. The number of hydrogen-bond acceptors (Lipinski definition) is 4. The summed E-state index contributed by atoms with van der Waals surface area (Å²) in [5.74, 6) is 4.09. The predicted octanol–water partition coefficient (Wildman–Crippen LogP) is 6.78. The van der Waals surface area contributed by atoms with Gasteiger partial charge in [-0.2, -0.15) is 0 Å². The zero-order chi connectivity index (χ0) is 24.6. The van der Waals surface area contributed by atoms with Gasteiger partial charge in [-0.15, -0.1) is 0 Å². The first-order chi connectivity index (χ1) is 16.7. The van der Waals surface area contributed by atoms with Crippen LogP contribution in [0.5, 0.6) is 0 Å². The van der Waals surface area contributed by atoms with Gasteiger partial charge in [0.05, 0.1) is 25.7 Å². The van der Waals surface area contributed by atoms with E-state index in [0.29, 0.717) is 28.8 Å². The van der Waals surface area contributed by atoms with Gasteiger partial charge in [0.1, 0.15) is 0 Å². The number of carbonyl (C=O) groups is 1. The second-order valence-corrected chi connectivity index (χ2v) is 13.8. The van der Waals surface area contributed by atoms with Crippen molar-refractivity contribution in [3.8, 4) is 0 Å². The minimum Gasteiger partial charge on any atom is -0.466 e. The Morgan fingerprint density at radius 1 is 1.03 bits per heavy atom. The van der Waals surface area contributed by atoms with Crippen LogP contribution in [0.2, 0.25) is 0 Å². The van der Waals surface area contributed by atoms with Crippen LogP contribution < -0.4 is 0 Å². The molecule has 196 valence electrons. The highest BCUT2D eigenvalue weighted by atomic mass is 16.7. The summed E-state index contributed by atoms with van der Waals surface area (Å²) in [4.78, 5) is 12.0. The molecule has 35 heavy (non-hydrogen) atoms. The number of rotatable bonds is 6. The highest BCUT2D eigenvalue weighted by Gasteiger charge is 2.83. The molecule has 0 aromatic rings. The van der Waals surface area contributed by atoms with E-state index in [1.165, 1.54) is 44.9 Å². The molecule has 5 aliphatic carbocycles. The Kier molecular flexibility index (Phi) is 5.81. The Labute approximate surface area is 212 Å². The van der Waals surface area contributed by atoms with Crippen LogP contribution in [0.4, 0.5) is 0 Å². The molecule has 4 heteroatoms. The van der Waals surface area contributed by atoms with Crippen molar-refractivity contribution in [3.63, 3.8) is 0 Å². The number of hydrogen-bond donors (Lipinski definition) is 0. The standard InChI is InChI=1S/C31H48O4/c1-6-33-27(32)21(3)9-7-8-20(2)24-10-11-25-23-19-31(34-16-17-35-31)30-18-22(30)12-15-29(30,5)26(23)13-14-28(24,25)4/h7-8,20-26H,6,9-19H2,1-5H3/b8-7+/t20-,21?,22-,23+,24-,25+,26+,28-,29-,30-/m1/s1. The van der Waals surface area contributed by atoms with Gasteiger partial charge in [-0.05, 0) is 105 Å². The Morgan fingerprint density at radius 2 is 1.80 bits per heavy atom. The van der Waals surface area contributed by atoms with Crippen LogP contribution in [0, 0.1) is 57.7 Å². The lowest BCUT2D eigenvalue weighted by atomic mass is 9.44. The molecule has 2 spiro atoms. The summed E-state index contributed by atoms with van der Waals surface area (Å²) in [6.45, 7) is 13.6. The van der Waals surface area contributed by atoms with Crippen molar-refractivity contribution in [2.24, 2.45) is 57.7 Å². The van der Waals surface area contributed by atoms with Gasteiger partial charge >= 0.3 is 5.97 Å². The Hall–Kier alpha value is -0.870. The molecule has 0 bridgehead atoms. The summed E-state index contributed by atoms with van der Waals surface area (Å²) >= 11 is 0. The summed E-state index contributed by atoms with van der Waals surface area (Å²) in [6, 6.07) is 0. The lowest BCUT2D eigenvalue weighted by Gasteiger charge is -2.63. The van der Waals surface area contributed by atoms with Crippen LogP contribution in [-0.2, 0) is 19.0 Å². The summed E-state index contributed by atoms with van der Waals surface area (Å²) in [5, 5.41) is 0. The van der Waals surface area contributed by atoms with E-state index >= 15 is 0 Å². The van der Waals surface area contributed by atoms with Gasteiger partial charge < -0.3 is 14.2 Å². The smallest absolute Gasteiger partial charge is 0.308 e. The van der Waals surface area contributed by atoms with Gasteiger partial charge in [0, 0.05) is 11.8 Å². The zero-order valence-corrected chi connectivity index (χ0v) is 22.8. The van der Waals surface area contributed by atoms with Gasteiger partial charge in [0.15, 0.2) is 5.79 Å². The van der Waals surface area contributed by atoms with Crippen LogP contribution in [0.1, 0.15) is 92.4 Å². The first-order valence-electron chi connectivity index (χ1n) is 14.8. The van der Waals surface area contributed by atoms with E-state index in [0.717, 1.165) is 55.6 Å². The van der Waals surface area contributed by atoms with Crippen molar-refractivity contribution in [1.29, 1.82) is 0 Å². The second kappa shape index (κ2) is 8.32. The number of carbonyl (C=O) groups excluding carboxylic acids is 1. The van der Waals surface area contributed by atoms with Crippen molar-refractivity contribution in [1.82, 2.24) is 0 Å². The SMILES string of the molecule is CCOC(=O)C(C)C/C=C/[C@@H](C)[C@H]1CC[C@H]2[C@@H]3CC4(OCCO4)[C@]45C[C@H]4CC[C@]5(C)[C@H]3CC[C@]12C. The van der Waals surface area contributed by atoms with Crippen LogP contribution >= 0.6 is 0 Å². The zero-order valence-electron chi connectivity index (χ0n) is 22.8. The second-order valence-electron chi connectivity index (χ2n) is 13.8. The molecule has 0 aromatic heterocycles. The van der Waals surface area contributed by atoms with Crippen molar-refractivity contribution in [2.75, 3.05) is 19.8 Å². The first-order valence-corrected chi connectivity index (χ1v) is 14.8. The van der Waals surface area contributed by atoms with Crippen molar-refractivity contribution in [3.05, 3.63) is 12.2 Å². The third-order valence-corrected chi connectivity index (χ3v) is 12.7. The maximum Gasteiger partial charge on any atom is 0.308 e. The molecule has 10 atom stereocenters. The van der Waals surface area contributed by atoms with Crippen molar-refractivity contribution in [2.45, 2.75) is 98.2 Å². The van der Waals surface area contributed by atoms with E-state index in [9.17, 15) is 4.79 Å². The normalized spacial score (nSPS) is 48.8. The van der Waals surface area contributed by atoms with E-state index in [2.05, 4.69) is 32.9 Å². The minimum atomic E-state index is -0.283. The molecule has 4 nitrogen and oxygen atoms in total. The molecular formula is C31H48O4. The Bertz CT molecular complexity index is 875. The molecule has 1 saturated heterocycles. The molecule has 1 heterocycles. The Morgan fingerprint density at radius 3 is 2.51 bits per heavy atom. The molecule has 0 N–H and O–H groups in total. The van der Waals surface area contributed by atoms with E-state index < -0.39 is 0 Å². The summed E-state index contributed by atoms with van der Waals surface area (Å²) in [5.41, 5.74) is 1.12. The average molecular weight is 485 g/mol. The average Bonchev–Trinajstić information content (AvgIpc) is 3.08. The third-order valence-electron chi connectivity index (χ3n) is 12.7.